The van der Waals surface area contributed by atoms with Crippen molar-refractivity contribution >= 4 is 22.7 Å². The summed E-state index contributed by atoms with van der Waals surface area (Å²) in [7, 11) is 0. The number of hydrogen-bond donors (Lipinski definition) is 1. The summed E-state index contributed by atoms with van der Waals surface area (Å²) < 4.78 is 0. The smallest absolute Gasteiger partial charge is 0.240 e. The maximum absolute atomic E-state index is 12.5. The maximum Gasteiger partial charge on any atom is 0.240 e. The van der Waals surface area contributed by atoms with Crippen LogP contribution in [0, 0.1) is 0 Å². The van der Waals surface area contributed by atoms with Gasteiger partial charge in [-0.3, -0.25) is 14.6 Å². The van der Waals surface area contributed by atoms with E-state index in [9.17, 15) is 9.59 Å². The molecule has 2 N–H and O–H groups in total. The van der Waals surface area contributed by atoms with Crippen LogP contribution in [0.2, 0.25) is 0 Å². The Hall–Kier alpha value is -2.43. The molecule has 1 aliphatic rings. The summed E-state index contributed by atoms with van der Waals surface area (Å²) in [6.45, 7) is 0.607. The van der Waals surface area contributed by atoms with Crippen LogP contribution in [0.15, 0.2) is 36.5 Å². The summed E-state index contributed by atoms with van der Waals surface area (Å²) in [5.41, 5.74) is 7.17. The van der Waals surface area contributed by atoms with Gasteiger partial charge in [0.15, 0.2) is 0 Å². The van der Waals surface area contributed by atoms with Gasteiger partial charge in [0.05, 0.1) is 11.9 Å². The van der Waals surface area contributed by atoms with Crippen molar-refractivity contribution in [3.05, 3.63) is 42.1 Å². The van der Waals surface area contributed by atoms with Gasteiger partial charge in [-0.25, -0.2) is 0 Å². The van der Waals surface area contributed by atoms with Gasteiger partial charge in [-0.2, -0.15) is 0 Å². The number of carbonyl (C=O) groups excluding carboxylic acids is 2. The summed E-state index contributed by atoms with van der Waals surface area (Å²) in [5, 5.41) is 0.975. The molecule has 0 radical (unpaired) electrons. The van der Waals surface area contributed by atoms with E-state index in [0.29, 0.717) is 13.0 Å². The number of fused-ring (bicyclic) bond motifs is 1. The van der Waals surface area contributed by atoms with Crippen LogP contribution < -0.4 is 5.73 Å². The second-order valence-corrected chi connectivity index (χ2v) is 5.31. The number of carbonyl (C=O) groups is 2. The number of nitrogens with zero attached hydrogens (tertiary/aromatic N) is 2. The Bertz CT molecular complexity index is 693. The highest BCUT2D eigenvalue weighted by Crippen LogP contribution is 2.21. The van der Waals surface area contributed by atoms with E-state index in [2.05, 4.69) is 4.98 Å². The lowest BCUT2D eigenvalue weighted by atomic mass is 10.0. The fraction of sp³-hybridized carbons (Fsp3) is 0.312. The Morgan fingerprint density at radius 2 is 2.14 bits per heavy atom. The third-order valence-corrected chi connectivity index (χ3v) is 3.98. The van der Waals surface area contributed by atoms with Gasteiger partial charge in [0.2, 0.25) is 11.8 Å². The number of aromatic nitrogens is 1. The lowest BCUT2D eigenvalue weighted by molar-refractivity contribution is -0.136. The van der Waals surface area contributed by atoms with E-state index in [4.69, 9.17) is 5.73 Å². The van der Waals surface area contributed by atoms with Gasteiger partial charge in [0.25, 0.3) is 0 Å². The van der Waals surface area contributed by atoms with Crippen molar-refractivity contribution in [2.45, 2.75) is 25.3 Å². The molecule has 21 heavy (non-hydrogen) atoms. The SMILES string of the molecule is NC(=O)C1CCCN1C(=O)Cc1cccc2ncccc12. The topological polar surface area (TPSA) is 76.3 Å². The van der Waals surface area contributed by atoms with Crippen LogP contribution in [-0.2, 0) is 16.0 Å². The standard InChI is InChI=1S/C16H17N3O2/c17-16(21)14-7-3-9-19(14)15(20)10-11-4-1-6-13-12(11)5-2-8-18-13/h1-2,4-6,8,14H,3,7,9-10H2,(H2,17,21). The number of nitrogens with two attached hydrogens (primary N) is 1. The van der Waals surface area contributed by atoms with E-state index in [1.807, 2.05) is 30.3 Å². The number of benzene rings is 1. The van der Waals surface area contributed by atoms with Gasteiger partial charge in [-0.15, -0.1) is 0 Å². The second-order valence-electron chi connectivity index (χ2n) is 5.31. The molecule has 1 saturated heterocycles. The number of pyridine rings is 1. The van der Waals surface area contributed by atoms with Crippen LogP contribution >= 0.6 is 0 Å². The van der Waals surface area contributed by atoms with E-state index in [1.54, 1.807) is 11.1 Å². The van der Waals surface area contributed by atoms with Crippen LogP contribution in [0.1, 0.15) is 18.4 Å². The lowest BCUT2D eigenvalue weighted by Crippen LogP contribution is -2.44. The lowest BCUT2D eigenvalue weighted by Gasteiger charge is -2.22. The summed E-state index contributed by atoms with van der Waals surface area (Å²) in [4.78, 5) is 29.8. The van der Waals surface area contributed by atoms with Crippen LogP contribution in [-0.4, -0.2) is 34.3 Å². The zero-order valence-electron chi connectivity index (χ0n) is 11.7. The molecule has 1 aliphatic heterocycles. The first-order valence-electron chi connectivity index (χ1n) is 7.08. The Morgan fingerprint density at radius 3 is 2.95 bits per heavy atom. The first kappa shape index (κ1) is 13.5. The van der Waals surface area contributed by atoms with Crippen LogP contribution in [0.25, 0.3) is 10.9 Å². The first-order chi connectivity index (χ1) is 10.2. The van der Waals surface area contributed by atoms with Crippen molar-refractivity contribution in [1.29, 1.82) is 0 Å². The van der Waals surface area contributed by atoms with Crippen LogP contribution in [0.5, 0.6) is 0 Å². The number of amides is 2. The molecule has 108 valence electrons. The fourth-order valence-electron chi connectivity index (χ4n) is 2.95. The fourth-order valence-corrected chi connectivity index (χ4v) is 2.95. The van der Waals surface area contributed by atoms with Gasteiger partial charge in [0, 0.05) is 18.1 Å². The number of likely N-dealkylation sites (tertiary alicyclic amines) is 1. The van der Waals surface area contributed by atoms with Crippen LogP contribution in [0.3, 0.4) is 0 Å². The summed E-state index contributed by atoms with van der Waals surface area (Å²) in [6.07, 6.45) is 3.50. The molecule has 2 heterocycles. The minimum atomic E-state index is -0.453. The quantitative estimate of drug-likeness (QED) is 0.921. The van der Waals surface area contributed by atoms with E-state index in [1.165, 1.54) is 0 Å². The predicted octanol–water partition coefficient (Wildman–Crippen LogP) is 1.25. The maximum atomic E-state index is 12.5. The molecule has 3 rings (SSSR count). The molecule has 1 aromatic carbocycles. The van der Waals surface area contributed by atoms with Crippen molar-refractivity contribution < 1.29 is 9.59 Å². The summed E-state index contributed by atoms with van der Waals surface area (Å²) in [5.74, 6) is -0.465. The third kappa shape index (κ3) is 2.59. The van der Waals surface area contributed by atoms with Crippen molar-refractivity contribution in [3.63, 3.8) is 0 Å². The Morgan fingerprint density at radius 1 is 1.29 bits per heavy atom. The van der Waals surface area contributed by atoms with Gasteiger partial charge in [-0.05, 0) is 30.5 Å². The van der Waals surface area contributed by atoms with Gasteiger partial charge in [0.1, 0.15) is 6.04 Å². The largest absolute Gasteiger partial charge is 0.368 e. The average molecular weight is 283 g/mol. The van der Waals surface area contributed by atoms with Crippen molar-refractivity contribution in [2.24, 2.45) is 5.73 Å². The first-order valence-corrected chi connectivity index (χ1v) is 7.08. The highest BCUT2D eigenvalue weighted by Gasteiger charge is 2.32. The average Bonchev–Trinajstić information content (AvgIpc) is 2.97. The minimum Gasteiger partial charge on any atom is -0.368 e. The predicted molar refractivity (Wildman–Crippen MR) is 79.4 cm³/mol. The second kappa shape index (κ2) is 5.52. The Labute approximate surface area is 122 Å². The summed E-state index contributed by atoms with van der Waals surface area (Å²) in [6, 6.07) is 9.11. The normalized spacial score (nSPS) is 18.1. The molecule has 1 atom stereocenters. The molecule has 2 aromatic rings. The highest BCUT2D eigenvalue weighted by atomic mass is 16.2. The third-order valence-electron chi connectivity index (χ3n) is 3.98. The van der Waals surface area contributed by atoms with E-state index in [0.717, 1.165) is 22.9 Å². The van der Waals surface area contributed by atoms with Crippen molar-refractivity contribution in [3.8, 4) is 0 Å². The molecule has 1 unspecified atom stereocenters. The molecule has 0 spiro atoms. The zero-order valence-corrected chi connectivity index (χ0v) is 11.7. The van der Waals surface area contributed by atoms with E-state index < -0.39 is 11.9 Å². The molecule has 5 heteroatoms. The van der Waals surface area contributed by atoms with E-state index in [-0.39, 0.29) is 12.3 Å². The van der Waals surface area contributed by atoms with Crippen LogP contribution in [0.4, 0.5) is 0 Å². The molecule has 1 fully saturated rings. The van der Waals surface area contributed by atoms with Crippen molar-refractivity contribution in [1.82, 2.24) is 9.88 Å². The monoisotopic (exact) mass is 283 g/mol. The zero-order chi connectivity index (χ0) is 14.8. The minimum absolute atomic E-state index is 0.0485. The molecule has 0 bridgehead atoms. The van der Waals surface area contributed by atoms with Gasteiger partial charge < -0.3 is 10.6 Å². The molecule has 2 amide bonds. The Balaban J connectivity index is 1.85. The molecule has 1 aromatic heterocycles. The van der Waals surface area contributed by atoms with E-state index >= 15 is 0 Å². The number of hydrogen-bond acceptors (Lipinski definition) is 3. The number of rotatable bonds is 3. The molecule has 0 saturated carbocycles. The van der Waals surface area contributed by atoms with Gasteiger partial charge >= 0.3 is 0 Å². The van der Waals surface area contributed by atoms with Gasteiger partial charge in [-0.1, -0.05) is 18.2 Å². The molecular formula is C16H17N3O2. The highest BCUT2D eigenvalue weighted by molar-refractivity contribution is 5.91. The summed E-state index contributed by atoms with van der Waals surface area (Å²) >= 11 is 0. The molecular weight excluding hydrogens is 266 g/mol. The van der Waals surface area contributed by atoms with Crippen molar-refractivity contribution in [2.75, 3.05) is 6.54 Å². The number of primary amides is 1. The Kier molecular flexibility index (Phi) is 3.56. The molecule has 5 nitrogen and oxygen atoms in total. The molecule has 0 aliphatic carbocycles.